The van der Waals surface area contributed by atoms with E-state index in [1.165, 1.54) is 32.3 Å². The first-order valence-corrected chi connectivity index (χ1v) is 34.6. The number of furan rings is 3. The molecule has 0 aliphatic heterocycles. The maximum atomic E-state index is 6.42. The molecular weight excluding hydrogens is 1250 g/mol. The normalized spacial score (nSPS) is 12.1. The van der Waals surface area contributed by atoms with Crippen LogP contribution in [0.5, 0.6) is 0 Å². The van der Waals surface area contributed by atoms with Gasteiger partial charge in [-0.2, -0.15) is 0 Å². The van der Waals surface area contributed by atoms with Gasteiger partial charge in [-0.3, -0.25) is 0 Å². The Hall–Kier alpha value is -13.8. The maximum absolute atomic E-state index is 6.42. The highest BCUT2D eigenvalue weighted by molar-refractivity contribution is 6.20. The van der Waals surface area contributed by atoms with Gasteiger partial charge in [-0.15, -0.1) is 0 Å². The van der Waals surface area contributed by atoms with Gasteiger partial charge in [0.2, 0.25) is 0 Å². The second-order valence-electron chi connectivity index (χ2n) is 26.8. The van der Waals surface area contributed by atoms with Crippen molar-refractivity contribution in [2.24, 2.45) is 0 Å². The van der Waals surface area contributed by atoms with E-state index in [9.17, 15) is 0 Å². The number of fused-ring (bicyclic) bond motifs is 18. The van der Waals surface area contributed by atoms with Crippen LogP contribution in [-0.2, 0) is 0 Å². The average molecular weight is 1300 g/mol. The minimum absolute atomic E-state index is 0.644. The number of aromatic nitrogens is 5. The molecule has 15 aromatic carbocycles. The lowest BCUT2D eigenvalue weighted by Gasteiger charge is -2.12. The molecule has 0 saturated carbocycles. The molecule has 22 aromatic rings. The molecule has 0 aliphatic rings. The fraction of sp³-hybridized carbons (Fsp3) is 0. The largest absolute Gasteiger partial charge is 0.456 e. The van der Waals surface area contributed by atoms with Crippen LogP contribution >= 0.6 is 0 Å². The SMILES string of the molecule is c1ccc2c(c1)oc1cc3c(cc12)c1ccccc1n3-c1ccc(-c2ccc(-c3cc(-c4ccc(-c5ccc(-n6c7ccccc7c7cc8c(cc76)oc6ccccc68)cc5)cc4)nc(-c4ccc(-c5ccc(-n6c7ccccc7c7cc8c(cc76)oc6ccccc68)cc5)cc4)n3)cc2)cc1. The Morgan fingerprint density at radius 2 is 0.431 bits per heavy atom. The van der Waals surface area contributed by atoms with Gasteiger partial charge < -0.3 is 27.0 Å². The number of hydrogen-bond donors (Lipinski definition) is 0. The van der Waals surface area contributed by atoms with E-state index in [1.807, 2.05) is 36.4 Å². The van der Waals surface area contributed by atoms with Gasteiger partial charge in [0, 0.05) is 117 Å². The monoisotopic (exact) mass is 1300 g/mol. The molecule has 474 valence electrons. The van der Waals surface area contributed by atoms with Gasteiger partial charge in [0.15, 0.2) is 5.82 Å². The van der Waals surface area contributed by atoms with Crippen LogP contribution in [0, 0.1) is 0 Å². The van der Waals surface area contributed by atoms with E-state index < -0.39 is 0 Å². The van der Waals surface area contributed by atoms with E-state index in [0.29, 0.717) is 5.82 Å². The first-order chi connectivity index (χ1) is 50.5. The molecule has 8 nitrogen and oxygen atoms in total. The highest BCUT2D eigenvalue weighted by atomic mass is 16.3. The topological polar surface area (TPSA) is 80.0 Å². The summed E-state index contributed by atoms with van der Waals surface area (Å²) in [5.41, 5.74) is 26.6. The van der Waals surface area contributed by atoms with Crippen LogP contribution in [0.25, 0.3) is 216 Å². The zero-order chi connectivity index (χ0) is 66.7. The molecule has 7 aromatic heterocycles. The van der Waals surface area contributed by atoms with E-state index >= 15 is 0 Å². The van der Waals surface area contributed by atoms with Crippen molar-refractivity contribution < 1.29 is 13.3 Å². The Morgan fingerprint density at radius 1 is 0.176 bits per heavy atom. The molecule has 102 heavy (non-hydrogen) atoms. The van der Waals surface area contributed by atoms with Crippen molar-refractivity contribution in [3.63, 3.8) is 0 Å². The van der Waals surface area contributed by atoms with Crippen molar-refractivity contribution >= 4 is 131 Å². The first-order valence-electron chi connectivity index (χ1n) is 34.6. The van der Waals surface area contributed by atoms with Crippen molar-refractivity contribution in [1.29, 1.82) is 0 Å². The Kier molecular flexibility index (Phi) is 12.0. The smallest absolute Gasteiger partial charge is 0.160 e. The molecule has 0 radical (unpaired) electrons. The van der Waals surface area contributed by atoms with Gasteiger partial charge in [0.25, 0.3) is 0 Å². The van der Waals surface area contributed by atoms with Crippen molar-refractivity contribution in [2.75, 3.05) is 0 Å². The van der Waals surface area contributed by atoms with Crippen LogP contribution in [0.15, 0.2) is 347 Å². The predicted molar refractivity (Wildman–Crippen MR) is 419 cm³/mol. The second-order valence-corrected chi connectivity index (χ2v) is 26.8. The highest BCUT2D eigenvalue weighted by Crippen LogP contribution is 2.44. The first kappa shape index (κ1) is 56.2. The van der Waals surface area contributed by atoms with Crippen molar-refractivity contribution in [1.82, 2.24) is 23.7 Å². The summed E-state index contributed by atoms with van der Waals surface area (Å²) >= 11 is 0. The molecule has 0 unspecified atom stereocenters. The molecule has 0 amide bonds. The van der Waals surface area contributed by atoms with Crippen LogP contribution in [0.3, 0.4) is 0 Å². The maximum Gasteiger partial charge on any atom is 0.160 e. The molecule has 22 rings (SSSR count). The van der Waals surface area contributed by atoms with Gasteiger partial charge in [-0.1, -0.05) is 218 Å². The van der Waals surface area contributed by atoms with Crippen LogP contribution in [-0.4, -0.2) is 23.7 Å². The summed E-state index contributed by atoms with van der Waals surface area (Å²) in [5, 5.41) is 14.0. The molecule has 0 N–H and O–H groups in total. The molecule has 7 heterocycles. The zero-order valence-corrected chi connectivity index (χ0v) is 54.7. The van der Waals surface area contributed by atoms with E-state index in [0.717, 1.165) is 177 Å². The van der Waals surface area contributed by atoms with Gasteiger partial charge in [0.05, 0.1) is 44.5 Å². The lowest BCUT2D eigenvalue weighted by molar-refractivity contribution is 0.669. The zero-order valence-electron chi connectivity index (χ0n) is 54.7. The van der Waals surface area contributed by atoms with E-state index in [4.69, 9.17) is 23.2 Å². The van der Waals surface area contributed by atoms with Crippen LogP contribution < -0.4 is 0 Å². The van der Waals surface area contributed by atoms with Crippen LogP contribution in [0.2, 0.25) is 0 Å². The molecule has 0 aliphatic carbocycles. The van der Waals surface area contributed by atoms with E-state index in [1.54, 1.807) is 0 Å². The van der Waals surface area contributed by atoms with E-state index in [2.05, 4.69) is 311 Å². The molecule has 0 saturated heterocycles. The van der Waals surface area contributed by atoms with Crippen molar-refractivity contribution in [3.8, 4) is 84.3 Å². The molecular formula is C94H55N5O3. The van der Waals surface area contributed by atoms with Gasteiger partial charge >= 0.3 is 0 Å². The molecule has 8 heteroatoms. The standard InChI is InChI=1S/C94H55N5O3/c1-7-19-82-68(13-1)74-49-77-71-16-4-10-22-88(71)100-91(77)53-85(74)97(82)65-43-37-59(38-44-65)56-25-31-62(32-26-56)80-52-81(63-33-27-57(28-34-63)60-39-45-66(46-40-60)98-83-20-8-2-14-69(83)75-50-78-72-17-5-11-23-89(72)101-92(78)54-86(75)98)96-94(95-80)64-35-29-58(30-36-64)61-41-47-67(48-42-61)99-84-21-9-3-15-70(84)76-51-79-73-18-6-12-24-90(73)102-93(79)55-87(76)99/h1-55H. The summed E-state index contributed by atoms with van der Waals surface area (Å²) in [7, 11) is 0. The number of benzene rings is 15. The predicted octanol–water partition coefficient (Wildman–Crippen LogP) is 25.5. The van der Waals surface area contributed by atoms with Crippen LogP contribution in [0.1, 0.15) is 0 Å². The summed E-state index contributed by atoms with van der Waals surface area (Å²) in [6.45, 7) is 0. The van der Waals surface area contributed by atoms with Crippen LogP contribution in [0.4, 0.5) is 0 Å². The van der Waals surface area contributed by atoms with Gasteiger partial charge in [-0.25, -0.2) is 9.97 Å². The summed E-state index contributed by atoms with van der Waals surface area (Å²) < 4.78 is 26.3. The molecule has 0 fully saturated rings. The third-order valence-electron chi connectivity index (χ3n) is 21.1. The van der Waals surface area contributed by atoms with Gasteiger partial charge in [0.1, 0.15) is 33.5 Å². The van der Waals surface area contributed by atoms with Crippen molar-refractivity contribution in [3.05, 3.63) is 334 Å². The Labute approximate surface area is 582 Å². The third kappa shape index (κ3) is 8.69. The third-order valence-corrected chi connectivity index (χ3v) is 21.1. The van der Waals surface area contributed by atoms with Gasteiger partial charge in [-0.05, 0) is 130 Å². The highest BCUT2D eigenvalue weighted by Gasteiger charge is 2.22. The second kappa shape index (κ2) is 21.8. The fourth-order valence-electron chi connectivity index (χ4n) is 16.2. The number of para-hydroxylation sites is 6. The quantitative estimate of drug-likeness (QED) is 0.144. The minimum atomic E-state index is 0.644. The Morgan fingerprint density at radius 3 is 0.745 bits per heavy atom. The molecule has 0 bridgehead atoms. The Balaban J connectivity index is 0.595. The number of nitrogens with zero attached hydrogens (tertiary/aromatic N) is 5. The fourth-order valence-corrected chi connectivity index (χ4v) is 16.2. The molecule has 0 spiro atoms. The lowest BCUT2D eigenvalue weighted by Crippen LogP contribution is -1.96. The number of hydrogen-bond acceptors (Lipinski definition) is 5. The summed E-state index contributed by atoms with van der Waals surface area (Å²) in [5.74, 6) is 0.644. The van der Waals surface area contributed by atoms with E-state index in [-0.39, 0.29) is 0 Å². The minimum Gasteiger partial charge on any atom is -0.456 e. The average Bonchev–Trinajstić information content (AvgIpc) is 1.59. The summed E-state index contributed by atoms with van der Waals surface area (Å²) in [4.78, 5) is 10.7. The summed E-state index contributed by atoms with van der Waals surface area (Å²) in [6.07, 6.45) is 0. The molecule has 0 atom stereocenters. The Bertz CT molecular complexity index is 6490. The summed E-state index contributed by atoms with van der Waals surface area (Å²) in [6, 6.07) is 119. The lowest BCUT2D eigenvalue weighted by atomic mass is 10.00. The van der Waals surface area contributed by atoms with Crippen molar-refractivity contribution in [2.45, 2.75) is 0 Å². The number of rotatable bonds is 9.